The second kappa shape index (κ2) is 16.3. The molecule has 0 aliphatic heterocycles. The Balaban J connectivity index is 0.000000134. The maximum absolute atomic E-state index is 6.30. The molecule has 0 atom stereocenters. The molecule has 0 saturated carbocycles. The van der Waals surface area contributed by atoms with Crippen molar-refractivity contribution in [1.82, 2.24) is 19.1 Å². The summed E-state index contributed by atoms with van der Waals surface area (Å²) in [6, 6.07) is 83.7. The lowest BCUT2D eigenvalue weighted by atomic mass is 10.00. The van der Waals surface area contributed by atoms with E-state index in [1.165, 1.54) is 0 Å². The van der Waals surface area contributed by atoms with Crippen molar-refractivity contribution in [2.75, 3.05) is 0 Å². The summed E-state index contributed by atoms with van der Waals surface area (Å²) in [6.07, 6.45) is 0. The first-order valence-electron chi connectivity index (χ1n) is 22.8. The van der Waals surface area contributed by atoms with Gasteiger partial charge < -0.3 is 8.83 Å². The van der Waals surface area contributed by atoms with Gasteiger partial charge in [0.1, 0.15) is 34.0 Å². The summed E-state index contributed by atoms with van der Waals surface area (Å²) in [5, 5.41) is 4.56. The van der Waals surface area contributed by atoms with Crippen LogP contribution in [0.25, 0.3) is 122 Å². The van der Waals surface area contributed by atoms with Gasteiger partial charge in [-0.05, 0) is 77.9 Å². The van der Waals surface area contributed by atoms with Crippen molar-refractivity contribution in [3.05, 3.63) is 243 Å². The van der Waals surface area contributed by atoms with Crippen LogP contribution in [0.3, 0.4) is 0 Å². The van der Waals surface area contributed by atoms with E-state index in [4.69, 9.17) is 18.8 Å². The summed E-state index contributed by atoms with van der Waals surface area (Å²) in [5.74, 6) is 1.85. The van der Waals surface area contributed by atoms with Gasteiger partial charge in [-0.1, -0.05) is 176 Å². The zero-order valence-corrected chi connectivity index (χ0v) is 36.7. The first-order valence-corrected chi connectivity index (χ1v) is 22.8. The predicted octanol–water partition coefficient (Wildman–Crippen LogP) is 16.5. The van der Waals surface area contributed by atoms with Crippen molar-refractivity contribution in [1.29, 1.82) is 0 Å². The van der Waals surface area contributed by atoms with Crippen molar-refractivity contribution >= 4 is 65.9 Å². The maximum Gasteiger partial charge on any atom is 0.145 e. The Morgan fingerprint density at radius 2 is 0.706 bits per heavy atom. The number of benzene rings is 10. The highest BCUT2D eigenvalue weighted by Gasteiger charge is 2.18. The van der Waals surface area contributed by atoms with Gasteiger partial charge in [0, 0.05) is 55.2 Å². The molecule has 320 valence electrons. The van der Waals surface area contributed by atoms with Gasteiger partial charge in [0.2, 0.25) is 0 Å². The molecule has 0 amide bonds. The van der Waals surface area contributed by atoms with Crippen LogP contribution in [0.15, 0.2) is 251 Å². The van der Waals surface area contributed by atoms with E-state index >= 15 is 0 Å². The Bertz CT molecular complexity index is 4140. The molecule has 0 unspecified atom stereocenters. The smallest absolute Gasteiger partial charge is 0.145 e. The van der Waals surface area contributed by atoms with E-state index in [0.717, 1.165) is 122 Å². The Hall–Kier alpha value is -9.26. The summed E-state index contributed by atoms with van der Waals surface area (Å²) in [5.41, 5.74) is 16.5. The van der Waals surface area contributed by atoms with Gasteiger partial charge in [0.05, 0.1) is 22.1 Å². The first-order chi connectivity index (χ1) is 33.7. The molecular weight excluding hydrogens is 833 g/mol. The fraction of sp³-hybridized carbons (Fsp3) is 0. The Morgan fingerprint density at radius 3 is 1.26 bits per heavy atom. The number of furan rings is 2. The normalized spacial score (nSPS) is 11.5. The summed E-state index contributed by atoms with van der Waals surface area (Å²) in [4.78, 5) is 10.0. The zero-order chi connectivity index (χ0) is 45.0. The number of rotatable bonds is 6. The van der Waals surface area contributed by atoms with Crippen LogP contribution in [0.1, 0.15) is 0 Å². The molecule has 68 heavy (non-hydrogen) atoms. The van der Waals surface area contributed by atoms with Crippen LogP contribution in [0.5, 0.6) is 0 Å². The third kappa shape index (κ3) is 6.66. The average Bonchev–Trinajstić information content (AvgIpc) is 4.20. The van der Waals surface area contributed by atoms with Crippen LogP contribution in [0.4, 0.5) is 0 Å². The van der Waals surface area contributed by atoms with E-state index in [9.17, 15) is 0 Å². The van der Waals surface area contributed by atoms with E-state index in [1.807, 2.05) is 48.5 Å². The van der Waals surface area contributed by atoms with Gasteiger partial charge in [-0.15, -0.1) is 0 Å². The predicted molar refractivity (Wildman–Crippen MR) is 278 cm³/mol. The Morgan fingerprint density at radius 1 is 0.294 bits per heavy atom. The van der Waals surface area contributed by atoms with Crippen LogP contribution < -0.4 is 0 Å². The third-order valence-corrected chi connectivity index (χ3v) is 12.8. The topological polar surface area (TPSA) is 61.9 Å². The minimum Gasteiger partial charge on any atom is -0.455 e. The fourth-order valence-electron chi connectivity index (χ4n) is 9.69. The van der Waals surface area contributed by atoms with E-state index in [-0.39, 0.29) is 0 Å². The van der Waals surface area contributed by atoms with Crippen LogP contribution in [-0.4, -0.2) is 19.1 Å². The number of para-hydroxylation sites is 10. The molecular formula is C62H40N4O2. The van der Waals surface area contributed by atoms with Crippen molar-refractivity contribution in [3.8, 4) is 56.4 Å². The molecule has 0 radical (unpaired) electrons. The molecule has 10 aromatic carbocycles. The van der Waals surface area contributed by atoms with Crippen LogP contribution in [0, 0.1) is 0 Å². The number of imidazole rings is 2. The monoisotopic (exact) mass is 872 g/mol. The van der Waals surface area contributed by atoms with E-state index in [0.29, 0.717) is 0 Å². The van der Waals surface area contributed by atoms with Gasteiger partial charge in [0.15, 0.2) is 0 Å². The lowest BCUT2D eigenvalue weighted by Crippen LogP contribution is -1.97. The molecule has 6 nitrogen and oxygen atoms in total. The summed E-state index contributed by atoms with van der Waals surface area (Å²) in [7, 11) is 0. The van der Waals surface area contributed by atoms with Gasteiger partial charge in [0.25, 0.3) is 0 Å². The Kier molecular flexibility index (Phi) is 9.39. The lowest BCUT2D eigenvalue weighted by Gasteiger charge is -2.11. The number of aromatic nitrogens is 4. The fourth-order valence-corrected chi connectivity index (χ4v) is 9.69. The Labute approximate surface area is 391 Å². The molecule has 0 saturated heterocycles. The minimum atomic E-state index is 0.909. The quantitative estimate of drug-likeness (QED) is 0.167. The number of nitrogens with zero attached hydrogens (tertiary/aromatic N) is 4. The van der Waals surface area contributed by atoms with Crippen LogP contribution in [-0.2, 0) is 0 Å². The second-order valence-corrected chi connectivity index (χ2v) is 16.9. The van der Waals surface area contributed by atoms with Crippen LogP contribution in [0.2, 0.25) is 0 Å². The van der Waals surface area contributed by atoms with Crippen molar-refractivity contribution in [2.24, 2.45) is 0 Å². The zero-order valence-electron chi connectivity index (χ0n) is 36.7. The van der Waals surface area contributed by atoms with Crippen LogP contribution >= 0.6 is 0 Å². The molecule has 0 bridgehead atoms. The second-order valence-electron chi connectivity index (χ2n) is 16.9. The number of fused-ring (bicyclic) bond motifs is 8. The molecule has 14 aromatic rings. The standard InChI is InChI=1S/2C31H20N2O/c1-2-12-23(13-3-1)33-28-18-6-5-17-27(28)32-31(33)22-11-8-10-21(20-22)24-15-9-16-26-25-14-4-7-19-29(25)34-30(24)26;1-2-9-23(10-3-1)33-28-15-6-5-14-27(28)32-31(33)22-19-17-21(18-20-22)24-12-8-13-26-25-11-4-7-16-29(25)34-30(24)26/h2*1-20H. The molecule has 0 aliphatic rings. The molecule has 0 aliphatic carbocycles. The van der Waals surface area contributed by atoms with E-state index < -0.39 is 0 Å². The largest absolute Gasteiger partial charge is 0.455 e. The maximum atomic E-state index is 6.30. The van der Waals surface area contributed by atoms with Gasteiger partial charge in [-0.25, -0.2) is 9.97 Å². The van der Waals surface area contributed by atoms with Gasteiger partial charge >= 0.3 is 0 Å². The number of hydrogen-bond acceptors (Lipinski definition) is 4. The molecule has 0 N–H and O–H groups in total. The third-order valence-electron chi connectivity index (χ3n) is 12.8. The summed E-state index contributed by atoms with van der Waals surface area (Å²) in [6.45, 7) is 0. The molecule has 0 fully saturated rings. The number of hydrogen-bond donors (Lipinski definition) is 0. The van der Waals surface area contributed by atoms with Gasteiger partial charge in [-0.3, -0.25) is 9.13 Å². The van der Waals surface area contributed by atoms with Crippen molar-refractivity contribution < 1.29 is 8.83 Å². The molecule has 4 heterocycles. The highest BCUT2D eigenvalue weighted by atomic mass is 16.3. The van der Waals surface area contributed by atoms with E-state index in [2.05, 4.69) is 203 Å². The van der Waals surface area contributed by atoms with Crippen molar-refractivity contribution in [2.45, 2.75) is 0 Å². The lowest BCUT2D eigenvalue weighted by molar-refractivity contribution is 0.669. The van der Waals surface area contributed by atoms with E-state index in [1.54, 1.807) is 0 Å². The van der Waals surface area contributed by atoms with Gasteiger partial charge in [-0.2, -0.15) is 0 Å². The highest BCUT2D eigenvalue weighted by molar-refractivity contribution is 6.10. The molecule has 6 heteroatoms. The highest BCUT2D eigenvalue weighted by Crippen LogP contribution is 2.39. The minimum absolute atomic E-state index is 0.909. The average molecular weight is 873 g/mol. The molecule has 0 spiro atoms. The summed E-state index contributed by atoms with van der Waals surface area (Å²) >= 11 is 0. The molecule has 14 rings (SSSR count). The molecule has 4 aromatic heterocycles. The first kappa shape index (κ1) is 39.1. The SMILES string of the molecule is c1ccc(-n2c(-c3ccc(-c4cccc5c4oc4ccccc45)cc3)nc3ccccc32)cc1.c1ccc(-n2c(-c3cccc(-c4cccc5c4oc4ccccc45)c3)nc3ccccc32)cc1. The van der Waals surface area contributed by atoms with Crippen molar-refractivity contribution in [3.63, 3.8) is 0 Å². The summed E-state index contributed by atoms with van der Waals surface area (Å²) < 4.78 is 17.0.